The number of anilines is 2. The maximum atomic E-state index is 12.7. The number of hydrogen-bond acceptors (Lipinski definition) is 6. The van der Waals surface area contributed by atoms with E-state index in [1.165, 1.54) is 11.3 Å². The summed E-state index contributed by atoms with van der Waals surface area (Å²) < 4.78 is 5.36. The van der Waals surface area contributed by atoms with Crippen LogP contribution in [0, 0.1) is 0 Å². The Morgan fingerprint density at radius 1 is 1.18 bits per heavy atom. The summed E-state index contributed by atoms with van der Waals surface area (Å²) in [6.45, 7) is 1.17. The molecule has 1 aliphatic rings. The van der Waals surface area contributed by atoms with Gasteiger partial charge in [0.15, 0.2) is 0 Å². The standard InChI is InChI=1S/C25H28N4O3S/c1-32-20-7-3-2-6-18(20)9-10-22(30)28-25-24(26)19-12-14-29(16-21(19)33-25)23(31)11-8-17-5-4-13-27-15-17/h2-7,13,15H,8-12,14,16,26H2,1H3,(H,28,30). The highest BCUT2D eigenvalue weighted by Crippen LogP contribution is 2.39. The van der Waals surface area contributed by atoms with Crippen molar-refractivity contribution in [3.8, 4) is 5.75 Å². The predicted octanol–water partition coefficient (Wildman–Crippen LogP) is 3.82. The number of aryl methyl sites for hydroxylation is 2. The van der Waals surface area contributed by atoms with E-state index in [-0.39, 0.29) is 11.8 Å². The number of nitrogens with zero attached hydrogens (tertiary/aromatic N) is 2. The van der Waals surface area contributed by atoms with E-state index in [0.717, 1.165) is 27.3 Å². The second-order valence-electron chi connectivity index (χ2n) is 8.03. The van der Waals surface area contributed by atoms with Gasteiger partial charge in [-0.05, 0) is 48.1 Å². The number of nitrogens with two attached hydrogens (primary N) is 1. The van der Waals surface area contributed by atoms with Crippen molar-refractivity contribution in [2.24, 2.45) is 0 Å². The first kappa shape index (κ1) is 22.8. The van der Waals surface area contributed by atoms with Crippen molar-refractivity contribution < 1.29 is 14.3 Å². The number of ether oxygens (including phenoxy) is 1. The number of fused-ring (bicyclic) bond motifs is 1. The fraction of sp³-hybridized carbons (Fsp3) is 0.320. The Kier molecular flexibility index (Phi) is 7.24. The van der Waals surface area contributed by atoms with Crippen LogP contribution in [0.2, 0.25) is 0 Å². The van der Waals surface area contributed by atoms with Gasteiger partial charge in [-0.2, -0.15) is 0 Å². The summed E-state index contributed by atoms with van der Waals surface area (Å²) in [6.07, 6.45) is 6.28. The summed E-state index contributed by atoms with van der Waals surface area (Å²) in [5.41, 5.74) is 10.1. The predicted molar refractivity (Wildman–Crippen MR) is 130 cm³/mol. The molecule has 7 nitrogen and oxygen atoms in total. The zero-order valence-corrected chi connectivity index (χ0v) is 19.5. The Hall–Kier alpha value is -3.39. The van der Waals surface area contributed by atoms with Gasteiger partial charge in [0.25, 0.3) is 0 Å². The molecular weight excluding hydrogens is 436 g/mol. The van der Waals surface area contributed by atoms with Crippen molar-refractivity contribution in [1.82, 2.24) is 9.88 Å². The molecule has 2 amide bonds. The van der Waals surface area contributed by atoms with E-state index in [1.54, 1.807) is 19.5 Å². The summed E-state index contributed by atoms with van der Waals surface area (Å²) in [5, 5.41) is 3.64. The van der Waals surface area contributed by atoms with E-state index in [2.05, 4.69) is 10.3 Å². The monoisotopic (exact) mass is 464 g/mol. The number of nitrogens with one attached hydrogen (secondary N) is 1. The van der Waals surface area contributed by atoms with E-state index in [9.17, 15) is 9.59 Å². The highest BCUT2D eigenvalue weighted by molar-refractivity contribution is 7.17. The number of aromatic nitrogens is 1. The summed E-state index contributed by atoms with van der Waals surface area (Å²) in [4.78, 5) is 32.3. The van der Waals surface area contributed by atoms with Gasteiger partial charge >= 0.3 is 0 Å². The molecule has 172 valence electrons. The Labute approximate surface area is 197 Å². The first-order chi connectivity index (χ1) is 16.0. The van der Waals surface area contributed by atoms with E-state index in [4.69, 9.17) is 10.5 Å². The zero-order valence-electron chi connectivity index (χ0n) is 18.7. The van der Waals surface area contributed by atoms with Gasteiger partial charge in [-0.3, -0.25) is 14.6 Å². The summed E-state index contributed by atoms with van der Waals surface area (Å²) >= 11 is 1.47. The highest BCUT2D eigenvalue weighted by atomic mass is 32.1. The summed E-state index contributed by atoms with van der Waals surface area (Å²) in [6, 6.07) is 11.6. The Balaban J connectivity index is 1.33. The number of carbonyl (C=O) groups excluding carboxylic acids is 2. The molecule has 0 bridgehead atoms. The van der Waals surface area contributed by atoms with Gasteiger partial charge in [0, 0.05) is 36.7 Å². The maximum Gasteiger partial charge on any atom is 0.225 e. The molecule has 1 aromatic carbocycles. The second kappa shape index (κ2) is 10.5. The lowest BCUT2D eigenvalue weighted by Gasteiger charge is -2.27. The van der Waals surface area contributed by atoms with Crippen LogP contribution in [-0.4, -0.2) is 35.4 Å². The van der Waals surface area contributed by atoms with Crippen molar-refractivity contribution in [2.75, 3.05) is 24.7 Å². The van der Waals surface area contributed by atoms with Crippen molar-refractivity contribution in [3.05, 3.63) is 70.4 Å². The number of rotatable bonds is 8. The molecule has 0 unspecified atom stereocenters. The van der Waals surface area contributed by atoms with Gasteiger partial charge in [-0.1, -0.05) is 24.3 Å². The number of benzene rings is 1. The van der Waals surface area contributed by atoms with Gasteiger partial charge in [0.2, 0.25) is 11.8 Å². The van der Waals surface area contributed by atoms with Crippen LogP contribution in [0.1, 0.15) is 34.4 Å². The molecule has 0 fully saturated rings. The van der Waals surface area contributed by atoms with Crippen LogP contribution in [0.4, 0.5) is 10.7 Å². The van der Waals surface area contributed by atoms with Crippen LogP contribution in [-0.2, 0) is 35.4 Å². The van der Waals surface area contributed by atoms with Crippen LogP contribution in [0.3, 0.4) is 0 Å². The topological polar surface area (TPSA) is 97.5 Å². The lowest BCUT2D eigenvalue weighted by molar-refractivity contribution is -0.132. The smallest absolute Gasteiger partial charge is 0.225 e. The maximum absolute atomic E-state index is 12.7. The zero-order chi connectivity index (χ0) is 23.2. The van der Waals surface area contributed by atoms with Crippen molar-refractivity contribution in [1.29, 1.82) is 0 Å². The molecule has 3 N–H and O–H groups in total. The van der Waals surface area contributed by atoms with Gasteiger partial charge in [-0.15, -0.1) is 11.3 Å². The molecule has 0 saturated carbocycles. The molecule has 0 radical (unpaired) electrons. The molecule has 0 spiro atoms. The third-order valence-electron chi connectivity index (χ3n) is 5.87. The molecule has 3 heterocycles. The second-order valence-corrected chi connectivity index (χ2v) is 9.14. The molecule has 3 aromatic rings. The van der Waals surface area contributed by atoms with Gasteiger partial charge in [0.1, 0.15) is 10.8 Å². The number of pyridine rings is 1. The van der Waals surface area contributed by atoms with E-state index in [0.29, 0.717) is 55.9 Å². The lowest BCUT2D eigenvalue weighted by atomic mass is 10.1. The highest BCUT2D eigenvalue weighted by Gasteiger charge is 2.26. The number of carbonyl (C=O) groups is 2. The molecular formula is C25H28N4O3S. The van der Waals surface area contributed by atoms with Gasteiger partial charge in [0.05, 0.1) is 19.3 Å². The van der Waals surface area contributed by atoms with Crippen LogP contribution < -0.4 is 15.8 Å². The fourth-order valence-electron chi connectivity index (χ4n) is 4.04. The Bertz CT molecular complexity index is 1130. The molecule has 2 aromatic heterocycles. The molecule has 0 atom stereocenters. The van der Waals surface area contributed by atoms with E-state index < -0.39 is 0 Å². The van der Waals surface area contributed by atoms with Crippen LogP contribution in [0.25, 0.3) is 0 Å². The van der Waals surface area contributed by atoms with Crippen LogP contribution in [0.15, 0.2) is 48.8 Å². The van der Waals surface area contributed by atoms with E-state index in [1.807, 2.05) is 41.3 Å². The first-order valence-electron chi connectivity index (χ1n) is 11.0. The minimum Gasteiger partial charge on any atom is -0.496 e. The number of methoxy groups -OCH3 is 1. The molecule has 4 rings (SSSR count). The number of thiophene rings is 1. The third-order valence-corrected chi connectivity index (χ3v) is 7.02. The molecule has 0 aliphatic carbocycles. The molecule has 8 heteroatoms. The minimum absolute atomic E-state index is 0.0874. The third kappa shape index (κ3) is 5.51. The number of para-hydroxylation sites is 1. The molecule has 0 saturated heterocycles. The Morgan fingerprint density at radius 2 is 2.03 bits per heavy atom. The number of nitrogen functional groups attached to an aromatic ring is 1. The lowest BCUT2D eigenvalue weighted by Crippen LogP contribution is -2.35. The minimum atomic E-state index is -0.0874. The number of amides is 2. The number of hydrogen-bond donors (Lipinski definition) is 2. The van der Waals surface area contributed by atoms with Gasteiger partial charge in [-0.25, -0.2) is 0 Å². The fourth-order valence-corrected chi connectivity index (χ4v) is 5.24. The van der Waals surface area contributed by atoms with Crippen LogP contribution in [0.5, 0.6) is 5.75 Å². The quantitative estimate of drug-likeness (QED) is 0.528. The average molecular weight is 465 g/mol. The Morgan fingerprint density at radius 3 is 2.82 bits per heavy atom. The molecule has 1 aliphatic heterocycles. The summed E-state index contributed by atoms with van der Waals surface area (Å²) in [7, 11) is 1.63. The van der Waals surface area contributed by atoms with Gasteiger partial charge < -0.3 is 20.7 Å². The van der Waals surface area contributed by atoms with Crippen molar-refractivity contribution in [3.63, 3.8) is 0 Å². The van der Waals surface area contributed by atoms with Crippen molar-refractivity contribution in [2.45, 2.75) is 38.6 Å². The molecule has 33 heavy (non-hydrogen) atoms. The normalized spacial score (nSPS) is 12.8. The summed E-state index contributed by atoms with van der Waals surface area (Å²) in [5.74, 6) is 0.819. The van der Waals surface area contributed by atoms with E-state index >= 15 is 0 Å². The SMILES string of the molecule is COc1ccccc1CCC(=O)Nc1sc2c(c1N)CCN(C(=O)CCc1cccnc1)C2. The van der Waals surface area contributed by atoms with Crippen LogP contribution >= 0.6 is 11.3 Å². The first-order valence-corrected chi connectivity index (χ1v) is 11.8. The average Bonchev–Trinajstić information content (AvgIpc) is 3.16. The largest absolute Gasteiger partial charge is 0.496 e. The van der Waals surface area contributed by atoms with Crippen molar-refractivity contribution >= 4 is 33.8 Å².